The average molecular weight is 194 g/mol. The molecule has 0 amide bonds. The molecule has 2 N–H and O–H groups in total. The summed E-state index contributed by atoms with van der Waals surface area (Å²) in [6.07, 6.45) is 7.56. The predicted molar refractivity (Wildman–Crippen MR) is 57.4 cm³/mol. The molecule has 0 radical (unpaired) electrons. The van der Waals surface area contributed by atoms with E-state index in [1.54, 1.807) is 6.20 Å². The third-order valence-corrected chi connectivity index (χ3v) is 2.64. The summed E-state index contributed by atoms with van der Waals surface area (Å²) in [4.78, 5) is 9.67. The number of aromatic amines is 1. The van der Waals surface area contributed by atoms with Crippen molar-refractivity contribution in [3.63, 3.8) is 0 Å². The zero-order valence-electron chi connectivity index (χ0n) is 8.50. The van der Waals surface area contributed by atoms with Gasteiger partial charge in [0.15, 0.2) is 5.95 Å². The zero-order valence-corrected chi connectivity index (χ0v) is 8.50. The molecule has 2 rings (SSSR count). The maximum Gasteiger partial charge on any atom is 0.200 e. The fourth-order valence-corrected chi connectivity index (χ4v) is 1.88. The van der Waals surface area contributed by atoms with E-state index >= 15 is 0 Å². The Morgan fingerprint density at radius 3 is 3.00 bits per heavy atom. The van der Waals surface area contributed by atoms with Gasteiger partial charge in [-0.2, -0.15) is 0 Å². The zero-order chi connectivity index (χ0) is 9.64. The maximum absolute atomic E-state index is 4.11. The highest BCUT2D eigenvalue weighted by Gasteiger charge is 2.09. The number of hydrogen-bond acceptors (Lipinski definition) is 3. The number of aromatic nitrogens is 2. The van der Waals surface area contributed by atoms with Crippen molar-refractivity contribution in [1.29, 1.82) is 0 Å². The van der Waals surface area contributed by atoms with Crippen molar-refractivity contribution in [2.24, 2.45) is 0 Å². The van der Waals surface area contributed by atoms with Crippen LogP contribution in [0.5, 0.6) is 0 Å². The van der Waals surface area contributed by atoms with Gasteiger partial charge in [-0.1, -0.05) is 0 Å². The van der Waals surface area contributed by atoms with E-state index < -0.39 is 0 Å². The monoisotopic (exact) mass is 194 g/mol. The fourth-order valence-electron chi connectivity index (χ4n) is 1.88. The highest BCUT2D eigenvalue weighted by atomic mass is 15.1. The van der Waals surface area contributed by atoms with Gasteiger partial charge < -0.3 is 15.2 Å². The molecule has 4 nitrogen and oxygen atoms in total. The largest absolute Gasteiger partial charge is 0.356 e. The van der Waals surface area contributed by atoms with E-state index in [4.69, 9.17) is 0 Å². The average Bonchev–Trinajstić information content (AvgIpc) is 2.86. The fraction of sp³-hybridized carbons (Fsp3) is 0.700. The van der Waals surface area contributed by atoms with Crippen LogP contribution in [-0.2, 0) is 0 Å². The second-order valence-electron chi connectivity index (χ2n) is 3.77. The first-order chi connectivity index (χ1) is 6.95. The molecule has 0 atom stereocenters. The van der Waals surface area contributed by atoms with Gasteiger partial charge in [-0.05, 0) is 38.9 Å². The number of nitrogens with one attached hydrogen (secondary N) is 2. The Morgan fingerprint density at radius 1 is 1.43 bits per heavy atom. The molecular weight excluding hydrogens is 176 g/mol. The predicted octanol–water partition coefficient (Wildman–Crippen LogP) is 1.31. The molecule has 14 heavy (non-hydrogen) atoms. The molecule has 0 saturated carbocycles. The van der Waals surface area contributed by atoms with E-state index in [1.165, 1.54) is 38.9 Å². The third-order valence-electron chi connectivity index (χ3n) is 2.64. The molecule has 0 spiro atoms. The number of rotatable bonds is 5. The lowest BCUT2D eigenvalue weighted by atomic mass is 10.4. The molecule has 0 aliphatic carbocycles. The Kier molecular flexibility index (Phi) is 3.40. The maximum atomic E-state index is 4.11. The van der Waals surface area contributed by atoms with Gasteiger partial charge in [-0.3, -0.25) is 0 Å². The van der Waals surface area contributed by atoms with Crippen LogP contribution < -0.4 is 5.32 Å². The summed E-state index contributed by atoms with van der Waals surface area (Å²) < 4.78 is 0. The quantitative estimate of drug-likeness (QED) is 0.695. The first kappa shape index (κ1) is 9.52. The molecule has 0 unspecified atom stereocenters. The van der Waals surface area contributed by atoms with E-state index in [-0.39, 0.29) is 0 Å². The summed E-state index contributed by atoms with van der Waals surface area (Å²) in [5, 5.41) is 3.26. The van der Waals surface area contributed by atoms with E-state index in [9.17, 15) is 0 Å². The van der Waals surface area contributed by atoms with Crippen molar-refractivity contribution in [2.45, 2.75) is 19.3 Å². The SMILES string of the molecule is c1c[nH]c(NCCCN2CCCC2)n1. The minimum absolute atomic E-state index is 0.881. The summed E-state index contributed by atoms with van der Waals surface area (Å²) in [7, 11) is 0. The lowest BCUT2D eigenvalue weighted by Crippen LogP contribution is -2.22. The Balaban J connectivity index is 1.55. The lowest BCUT2D eigenvalue weighted by Gasteiger charge is -2.13. The molecule has 78 valence electrons. The Hall–Kier alpha value is -1.03. The number of H-pyrrole nitrogens is 1. The van der Waals surface area contributed by atoms with E-state index in [1.807, 2.05) is 6.20 Å². The molecule has 0 bridgehead atoms. The summed E-state index contributed by atoms with van der Waals surface area (Å²) in [5.41, 5.74) is 0. The lowest BCUT2D eigenvalue weighted by molar-refractivity contribution is 0.337. The van der Waals surface area contributed by atoms with Crippen LogP contribution in [0.25, 0.3) is 0 Å². The van der Waals surface area contributed by atoms with Crippen molar-refractivity contribution in [2.75, 3.05) is 31.5 Å². The minimum Gasteiger partial charge on any atom is -0.356 e. The first-order valence-corrected chi connectivity index (χ1v) is 5.41. The topological polar surface area (TPSA) is 44.0 Å². The molecule has 1 aliphatic heterocycles. The normalized spacial score (nSPS) is 17.4. The van der Waals surface area contributed by atoms with Gasteiger partial charge >= 0.3 is 0 Å². The number of likely N-dealkylation sites (tertiary alicyclic amines) is 1. The summed E-state index contributed by atoms with van der Waals surface area (Å²) in [6, 6.07) is 0. The number of anilines is 1. The Morgan fingerprint density at radius 2 is 2.29 bits per heavy atom. The highest BCUT2D eigenvalue weighted by molar-refractivity contribution is 5.22. The van der Waals surface area contributed by atoms with Crippen LogP contribution in [0.2, 0.25) is 0 Å². The Bertz CT molecular complexity index is 239. The van der Waals surface area contributed by atoms with Gasteiger partial charge in [0.05, 0.1) is 0 Å². The van der Waals surface area contributed by atoms with Crippen LogP contribution in [0.1, 0.15) is 19.3 Å². The molecule has 1 aromatic heterocycles. The van der Waals surface area contributed by atoms with Gasteiger partial charge in [0.2, 0.25) is 0 Å². The molecule has 1 aliphatic rings. The summed E-state index contributed by atoms with van der Waals surface area (Å²) in [5.74, 6) is 0.881. The van der Waals surface area contributed by atoms with Crippen LogP contribution in [0.4, 0.5) is 5.95 Å². The number of imidazole rings is 1. The molecular formula is C10H18N4. The van der Waals surface area contributed by atoms with Crippen LogP contribution in [0.15, 0.2) is 12.4 Å². The second-order valence-corrected chi connectivity index (χ2v) is 3.77. The van der Waals surface area contributed by atoms with Crippen molar-refractivity contribution in [1.82, 2.24) is 14.9 Å². The number of nitrogens with zero attached hydrogens (tertiary/aromatic N) is 2. The van der Waals surface area contributed by atoms with Gasteiger partial charge in [0.25, 0.3) is 0 Å². The van der Waals surface area contributed by atoms with Gasteiger partial charge in [-0.15, -0.1) is 0 Å². The Labute approximate surface area is 84.7 Å². The van der Waals surface area contributed by atoms with Gasteiger partial charge in [0, 0.05) is 18.9 Å². The van der Waals surface area contributed by atoms with Gasteiger partial charge in [-0.25, -0.2) is 4.98 Å². The summed E-state index contributed by atoms with van der Waals surface area (Å²) in [6.45, 7) is 4.80. The number of hydrogen-bond donors (Lipinski definition) is 2. The highest BCUT2D eigenvalue weighted by Crippen LogP contribution is 2.07. The first-order valence-electron chi connectivity index (χ1n) is 5.41. The van der Waals surface area contributed by atoms with Crippen molar-refractivity contribution in [3.8, 4) is 0 Å². The van der Waals surface area contributed by atoms with Crippen LogP contribution in [-0.4, -0.2) is 41.0 Å². The third kappa shape index (κ3) is 2.73. The molecule has 0 aromatic carbocycles. The van der Waals surface area contributed by atoms with Crippen molar-refractivity contribution in [3.05, 3.63) is 12.4 Å². The molecule has 1 aromatic rings. The van der Waals surface area contributed by atoms with Gasteiger partial charge in [0.1, 0.15) is 0 Å². The summed E-state index contributed by atoms with van der Waals surface area (Å²) >= 11 is 0. The van der Waals surface area contributed by atoms with Crippen molar-refractivity contribution >= 4 is 5.95 Å². The molecule has 4 heteroatoms. The van der Waals surface area contributed by atoms with E-state index in [2.05, 4.69) is 20.2 Å². The minimum atomic E-state index is 0.881. The van der Waals surface area contributed by atoms with Crippen molar-refractivity contribution < 1.29 is 0 Å². The van der Waals surface area contributed by atoms with E-state index in [0.29, 0.717) is 0 Å². The van der Waals surface area contributed by atoms with Crippen LogP contribution in [0, 0.1) is 0 Å². The van der Waals surface area contributed by atoms with Crippen LogP contribution >= 0.6 is 0 Å². The van der Waals surface area contributed by atoms with Crippen LogP contribution in [0.3, 0.4) is 0 Å². The molecule has 1 fully saturated rings. The molecule has 2 heterocycles. The molecule has 1 saturated heterocycles. The standard InChI is InChI=1S/C10H18N4/c1-2-8-14(7-1)9-3-4-11-10-12-5-6-13-10/h5-6H,1-4,7-9H2,(H2,11,12,13). The smallest absolute Gasteiger partial charge is 0.200 e. The second kappa shape index (κ2) is 5.00. The van der Waals surface area contributed by atoms with E-state index in [0.717, 1.165) is 12.5 Å².